The summed E-state index contributed by atoms with van der Waals surface area (Å²) in [4.78, 5) is 2.59. The van der Waals surface area contributed by atoms with Crippen LogP contribution in [0.15, 0.2) is 35.2 Å². The van der Waals surface area contributed by atoms with Crippen LogP contribution in [-0.4, -0.2) is 55.9 Å². The molecule has 1 saturated heterocycles. The molecule has 0 radical (unpaired) electrons. The Balaban J connectivity index is 0.00000220. The van der Waals surface area contributed by atoms with Crippen LogP contribution < -0.4 is 5.73 Å². The van der Waals surface area contributed by atoms with Crippen LogP contribution in [0.1, 0.15) is 13.8 Å². The van der Waals surface area contributed by atoms with Gasteiger partial charge >= 0.3 is 0 Å². The maximum atomic E-state index is 12.5. The van der Waals surface area contributed by atoms with E-state index < -0.39 is 10.0 Å². The standard InChI is InChI=1S/C14H23N3O2S.ClH/c1-14(2,15)12-16-8-10-17(11-9-16)20(18,19)13-6-4-3-5-7-13;/h3-7H,8-12,15H2,1-2H3;1H. The summed E-state index contributed by atoms with van der Waals surface area (Å²) in [6.45, 7) is 7.26. The highest BCUT2D eigenvalue weighted by Gasteiger charge is 2.29. The van der Waals surface area contributed by atoms with Crippen molar-refractivity contribution in [3.05, 3.63) is 30.3 Å². The van der Waals surface area contributed by atoms with E-state index in [4.69, 9.17) is 5.73 Å². The Morgan fingerprint density at radius 3 is 2.10 bits per heavy atom. The lowest BCUT2D eigenvalue weighted by Crippen LogP contribution is -2.53. The summed E-state index contributed by atoms with van der Waals surface area (Å²) >= 11 is 0. The van der Waals surface area contributed by atoms with E-state index in [0.717, 1.165) is 19.6 Å². The number of nitrogens with zero attached hydrogens (tertiary/aromatic N) is 2. The van der Waals surface area contributed by atoms with Gasteiger partial charge in [-0.1, -0.05) is 18.2 Å². The highest BCUT2D eigenvalue weighted by Crippen LogP contribution is 2.17. The lowest BCUT2D eigenvalue weighted by molar-refractivity contribution is 0.162. The summed E-state index contributed by atoms with van der Waals surface area (Å²) in [6.07, 6.45) is 0. The Labute approximate surface area is 133 Å². The van der Waals surface area contributed by atoms with Gasteiger partial charge in [0.2, 0.25) is 10.0 Å². The van der Waals surface area contributed by atoms with Crippen molar-refractivity contribution in [2.45, 2.75) is 24.3 Å². The molecule has 0 spiro atoms. The van der Waals surface area contributed by atoms with Gasteiger partial charge in [-0.05, 0) is 26.0 Å². The van der Waals surface area contributed by atoms with Gasteiger partial charge in [0.1, 0.15) is 0 Å². The summed E-state index contributed by atoms with van der Waals surface area (Å²) in [5, 5.41) is 0. The van der Waals surface area contributed by atoms with Crippen molar-refractivity contribution in [1.29, 1.82) is 0 Å². The van der Waals surface area contributed by atoms with Crippen LogP contribution in [0.3, 0.4) is 0 Å². The molecule has 0 bridgehead atoms. The molecule has 0 atom stereocenters. The van der Waals surface area contributed by atoms with E-state index in [9.17, 15) is 8.42 Å². The molecule has 1 fully saturated rings. The van der Waals surface area contributed by atoms with Crippen molar-refractivity contribution >= 4 is 22.4 Å². The molecular weight excluding hydrogens is 310 g/mol. The van der Waals surface area contributed by atoms with Crippen molar-refractivity contribution in [2.75, 3.05) is 32.7 Å². The molecule has 0 saturated carbocycles. The third-order valence-electron chi connectivity index (χ3n) is 3.34. The fourth-order valence-corrected chi connectivity index (χ4v) is 3.89. The molecule has 0 aliphatic carbocycles. The zero-order valence-electron chi connectivity index (χ0n) is 12.5. The Hall–Kier alpha value is -0.660. The topological polar surface area (TPSA) is 66.6 Å². The molecule has 1 heterocycles. The van der Waals surface area contributed by atoms with E-state index in [1.54, 1.807) is 28.6 Å². The van der Waals surface area contributed by atoms with E-state index in [1.807, 2.05) is 19.9 Å². The van der Waals surface area contributed by atoms with Gasteiger partial charge in [-0.15, -0.1) is 12.4 Å². The third kappa shape index (κ3) is 4.93. The molecule has 0 unspecified atom stereocenters. The van der Waals surface area contributed by atoms with Crippen LogP contribution in [0.25, 0.3) is 0 Å². The molecule has 1 aromatic carbocycles. The number of halogens is 1. The normalized spacial score (nSPS) is 18.2. The predicted octanol–water partition coefficient (Wildman–Crippen LogP) is 1.15. The lowest BCUT2D eigenvalue weighted by atomic mass is 10.1. The van der Waals surface area contributed by atoms with Crippen molar-refractivity contribution in [1.82, 2.24) is 9.21 Å². The van der Waals surface area contributed by atoms with Crippen LogP contribution in [-0.2, 0) is 10.0 Å². The first-order valence-electron chi connectivity index (χ1n) is 6.85. The van der Waals surface area contributed by atoms with Gasteiger partial charge in [-0.25, -0.2) is 8.42 Å². The molecule has 7 heteroatoms. The maximum Gasteiger partial charge on any atom is 0.243 e. The fraction of sp³-hybridized carbons (Fsp3) is 0.571. The minimum Gasteiger partial charge on any atom is -0.324 e. The fourth-order valence-electron chi connectivity index (χ4n) is 2.45. The Kier molecular flexibility index (Phi) is 6.19. The summed E-state index contributed by atoms with van der Waals surface area (Å²) < 4.78 is 26.5. The average molecular weight is 334 g/mol. The van der Waals surface area contributed by atoms with E-state index >= 15 is 0 Å². The minimum atomic E-state index is -3.35. The molecule has 120 valence electrons. The average Bonchev–Trinajstić information content (AvgIpc) is 2.38. The smallest absolute Gasteiger partial charge is 0.243 e. The van der Waals surface area contributed by atoms with Gasteiger partial charge in [0.25, 0.3) is 0 Å². The number of sulfonamides is 1. The van der Waals surface area contributed by atoms with Crippen molar-refractivity contribution in [2.24, 2.45) is 5.73 Å². The Morgan fingerprint density at radius 1 is 1.10 bits per heavy atom. The van der Waals surface area contributed by atoms with Crippen LogP contribution in [0.4, 0.5) is 0 Å². The van der Waals surface area contributed by atoms with Crippen molar-refractivity contribution in [3.63, 3.8) is 0 Å². The second kappa shape index (κ2) is 7.07. The SMILES string of the molecule is CC(C)(N)CN1CCN(S(=O)(=O)c2ccccc2)CC1.Cl. The van der Waals surface area contributed by atoms with Crippen LogP contribution in [0.2, 0.25) is 0 Å². The lowest BCUT2D eigenvalue weighted by Gasteiger charge is -2.37. The molecule has 1 aromatic rings. The monoisotopic (exact) mass is 333 g/mol. The van der Waals surface area contributed by atoms with E-state index in [0.29, 0.717) is 18.0 Å². The number of piperazine rings is 1. The second-order valence-electron chi connectivity index (χ2n) is 5.98. The largest absolute Gasteiger partial charge is 0.324 e. The van der Waals surface area contributed by atoms with E-state index in [2.05, 4.69) is 4.90 Å². The van der Waals surface area contributed by atoms with E-state index in [-0.39, 0.29) is 17.9 Å². The van der Waals surface area contributed by atoms with Gasteiger partial charge in [0.05, 0.1) is 4.90 Å². The third-order valence-corrected chi connectivity index (χ3v) is 5.26. The number of hydrogen-bond acceptors (Lipinski definition) is 4. The molecule has 21 heavy (non-hydrogen) atoms. The molecule has 1 aliphatic heterocycles. The number of nitrogens with two attached hydrogens (primary N) is 1. The molecule has 1 aliphatic rings. The van der Waals surface area contributed by atoms with Gasteiger partial charge in [-0.2, -0.15) is 4.31 Å². The number of benzene rings is 1. The quantitative estimate of drug-likeness (QED) is 0.897. The first-order valence-corrected chi connectivity index (χ1v) is 8.29. The van der Waals surface area contributed by atoms with Crippen LogP contribution in [0, 0.1) is 0 Å². The van der Waals surface area contributed by atoms with Crippen molar-refractivity contribution in [3.8, 4) is 0 Å². The van der Waals surface area contributed by atoms with Crippen molar-refractivity contribution < 1.29 is 8.42 Å². The highest BCUT2D eigenvalue weighted by atomic mass is 35.5. The second-order valence-corrected chi connectivity index (χ2v) is 7.92. The molecule has 5 nitrogen and oxygen atoms in total. The molecule has 2 N–H and O–H groups in total. The zero-order valence-corrected chi connectivity index (χ0v) is 14.2. The summed E-state index contributed by atoms with van der Waals surface area (Å²) in [5.41, 5.74) is 5.75. The van der Waals surface area contributed by atoms with Gasteiger partial charge < -0.3 is 5.73 Å². The summed E-state index contributed by atoms with van der Waals surface area (Å²) in [5.74, 6) is 0. The van der Waals surface area contributed by atoms with Crippen LogP contribution in [0.5, 0.6) is 0 Å². The first kappa shape index (κ1) is 18.4. The number of rotatable bonds is 4. The maximum absolute atomic E-state index is 12.5. The van der Waals surface area contributed by atoms with Gasteiger partial charge in [0, 0.05) is 38.3 Å². The Bertz CT molecular complexity index is 535. The van der Waals surface area contributed by atoms with Crippen LogP contribution >= 0.6 is 12.4 Å². The summed E-state index contributed by atoms with van der Waals surface area (Å²) in [6, 6.07) is 8.61. The van der Waals surface area contributed by atoms with E-state index in [1.165, 1.54) is 0 Å². The number of hydrogen-bond donors (Lipinski definition) is 1. The first-order chi connectivity index (χ1) is 9.29. The zero-order chi connectivity index (χ0) is 14.8. The Morgan fingerprint density at radius 2 is 1.62 bits per heavy atom. The molecule has 0 amide bonds. The molecular formula is C14H24ClN3O2S. The highest BCUT2D eigenvalue weighted by molar-refractivity contribution is 7.89. The molecule has 2 rings (SSSR count). The summed E-state index contributed by atoms with van der Waals surface area (Å²) in [7, 11) is -3.35. The van der Waals surface area contributed by atoms with Gasteiger partial charge in [-0.3, -0.25) is 4.90 Å². The minimum absolute atomic E-state index is 0. The van der Waals surface area contributed by atoms with Gasteiger partial charge in [0.15, 0.2) is 0 Å². The molecule has 0 aromatic heterocycles. The predicted molar refractivity (Wildman–Crippen MR) is 87.2 cm³/mol.